The molecule has 9 nitrogen and oxygen atoms in total. The Hall–Kier alpha value is -4.74. The van der Waals surface area contributed by atoms with E-state index in [0.717, 1.165) is 37.6 Å². The van der Waals surface area contributed by atoms with Crippen LogP contribution in [0.2, 0.25) is 0 Å². The number of nitrogens with zero attached hydrogens (tertiary/aromatic N) is 5. The molecule has 0 spiro atoms. The summed E-state index contributed by atoms with van der Waals surface area (Å²) in [6, 6.07) is 7.83. The molecule has 210 valence electrons. The van der Waals surface area contributed by atoms with E-state index in [1.165, 1.54) is 6.08 Å². The molecule has 4 heterocycles. The summed E-state index contributed by atoms with van der Waals surface area (Å²) in [6.45, 7) is 4.33. The number of rotatable bonds is 5. The monoisotopic (exact) mass is 561 g/mol. The second kappa shape index (κ2) is 10.0. The van der Waals surface area contributed by atoms with E-state index in [2.05, 4.69) is 21.9 Å². The molecule has 1 aromatic carbocycles. The maximum Gasteiger partial charge on any atom is 0.416 e. The molecule has 2 amide bonds. The number of amides is 2. The molecule has 2 fully saturated rings. The van der Waals surface area contributed by atoms with Crippen molar-refractivity contribution in [3.05, 3.63) is 84.6 Å². The second-order valence-electron chi connectivity index (χ2n) is 10.3. The SMILES string of the molecule is C=CC(=O)N1CC2CCCC2C1c1nc(-c2ccc(C(=O)Nc3cc(C(F)(F)F)ccn3)cc2)c2c(N)nccn12. The van der Waals surface area contributed by atoms with Crippen LogP contribution in [0.5, 0.6) is 0 Å². The first-order valence-corrected chi connectivity index (χ1v) is 13.2. The van der Waals surface area contributed by atoms with Gasteiger partial charge in [0.15, 0.2) is 0 Å². The van der Waals surface area contributed by atoms with Crippen molar-refractivity contribution in [1.29, 1.82) is 0 Å². The first-order valence-electron chi connectivity index (χ1n) is 13.2. The highest BCUT2D eigenvalue weighted by Crippen LogP contribution is 2.50. The van der Waals surface area contributed by atoms with Crippen LogP contribution in [0, 0.1) is 11.8 Å². The number of nitrogen functional groups attached to an aromatic ring is 1. The minimum absolute atomic E-state index is 0.143. The van der Waals surface area contributed by atoms with Crippen LogP contribution in [0.15, 0.2) is 67.6 Å². The van der Waals surface area contributed by atoms with E-state index < -0.39 is 17.6 Å². The Balaban J connectivity index is 1.34. The number of benzene rings is 1. The number of carbonyl (C=O) groups is 2. The Kier molecular flexibility index (Phi) is 6.47. The van der Waals surface area contributed by atoms with Gasteiger partial charge in [0, 0.05) is 36.3 Å². The lowest BCUT2D eigenvalue weighted by atomic mass is 9.93. The number of nitrogens with one attached hydrogen (secondary N) is 1. The van der Waals surface area contributed by atoms with E-state index in [-0.39, 0.29) is 35.1 Å². The van der Waals surface area contributed by atoms with Crippen molar-refractivity contribution in [3.63, 3.8) is 0 Å². The second-order valence-corrected chi connectivity index (χ2v) is 10.3. The van der Waals surface area contributed by atoms with Crippen LogP contribution in [0.3, 0.4) is 0 Å². The molecule has 2 aliphatic rings. The predicted octanol–water partition coefficient (Wildman–Crippen LogP) is 5.13. The number of halogens is 3. The van der Waals surface area contributed by atoms with Gasteiger partial charge < -0.3 is 16.0 Å². The minimum Gasteiger partial charge on any atom is -0.382 e. The lowest BCUT2D eigenvalue weighted by Crippen LogP contribution is -2.32. The van der Waals surface area contributed by atoms with E-state index in [1.807, 2.05) is 9.30 Å². The lowest BCUT2D eigenvalue weighted by Gasteiger charge is -2.26. The van der Waals surface area contributed by atoms with Gasteiger partial charge in [-0.2, -0.15) is 13.2 Å². The van der Waals surface area contributed by atoms with Crippen molar-refractivity contribution in [2.45, 2.75) is 31.5 Å². The minimum atomic E-state index is -4.56. The van der Waals surface area contributed by atoms with E-state index in [9.17, 15) is 22.8 Å². The molecular weight excluding hydrogens is 535 g/mol. The number of fused-ring (bicyclic) bond motifs is 2. The largest absolute Gasteiger partial charge is 0.416 e. The standard InChI is InChI=1S/C29H26F3N7O2/c1-2-22(40)39-15-18-4-3-5-20(18)24(39)27-37-23(25-26(33)35-12-13-38(25)27)16-6-8-17(9-7-16)28(41)36-21-14-19(10-11-34-21)29(30,31)32/h2,6-14,18,20,24H,1,3-5,15H2,(H2,33,35)(H,34,36,41). The van der Waals surface area contributed by atoms with Crippen molar-refractivity contribution in [2.75, 3.05) is 17.6 Å². The van der Waals surface area contributed by atoms with Gasteiger partial charge in [0.1, 0.15) is 28.7 Å². The summed E-state index contributed by atoms with van der Waals surface area (Å²) in [5.41, 5.74) is 7.41. The molecule has 3 unspecified atom stereocenters. The van der Waals surface area contributed by atoms with Crippen LogP contribution >= 0.6 is 0 Å². The van der Waals surface area contributed by atoms with E-state index >= 15 is 0 Å². The molecule has 0 bridgehead atoms. The maximum atomic E-state index is 13.0. The van der Waals surface area contributed by atoms with Gasteiger partial charge in [-0.15, -0.1) is 0 Å². The van der Waals surface area contributed by atoms with Gasteiger partial charge in [-0.1, -0.05) is 25.1 Å². The molecule has 4 aromatic rings. The first-order chi connectivity index (χ1) is 19.7. The van der Waals surface area contributed by atoms with Crippen LogP contribution in [-0.2, 0) is 11.0 Å². The Morgan fingerprint density at radius 3 is 2.61 bits per heavy atom. The highest BCUT2D eigenvalue weighted by atomic mass is 19.4. The number of pyridine rings is 1. The molecule has 3 atom stereocenters. The first kappa shape index (κ1) is 26.5. The summed E-state index contributed by atoms with van der Waals surface area (Å²) < 4.78 is 41.0. The van der Waals surface area contributed by atoms with Crippen LogP contribution in [0.1, 0.15) is 47.1 Å². The number of likely N-dealkylation sites (tertiary alicyclic amines) is 1. The van der Waals surface area contributed by atoms with Gasteiger partial charge in [-0.3, -0.25) is 14.0 Å². The molecule has 1 aliphatic heterocycles. The summed E-state index contributed by atoms with van der Waals surface area (Å²) in [4.78, 5) is 40.5. The van der Waals surface area contributed by atoms with E-state index in [0.29, 0.717) is 35.1 Å². The Morgan fingerprint density at radius 1 is 1.10 bits per heavy atom. The summed E-state index contributed by atoms with van der Waals surface area (Å²) in [7, 11) is 0. The van der Waals surface area contributed by atoms with Crippen LogP contribution < -0.4 is 11.1 Å². The third-order valence-corrected chi connectivity index (χ3v) is 7.97. The molecular formula is C29H26F3N7O2. The molecule has 1 saturated heterocycles. The van der Waals surface area contributed by atoms with E-state index in [1.54, 1.807) is 36.7 Å². The molecule has 1 saturated carbocycles. The zero-order valence-electron chi connectivity index (χ0n) is 21.8. The molecule has 12 heteroatoms. The number of hydrogen-bond donors (Lipinski definition) is 2. The quantitative estimate of drug-likeness (QED) is 0.326. The number of nitrogens with two attached hydrogens (primary N) is 1. The number of hydrogen-bond acceptors (Lipinski definition) is 6. The topological polar surface area (TPSA) is 119 Å². The normalized spacial score (nSPS) is 20.3. The van der Waals surface area contributed by atoms with Crippen LogP contribution in [-0.4, -0.2) is 42.6 Å². The van der Waals surface area contributed by atoms with Gasteiger partial charge >= 0.3 is 6.18 Å². The Bertz CT molecular complexity index is 1670. The summed E-state index contributed by atoms with van der Waals surface area (Å²) in [5.74, 6) is 0.641. The molecule has 41 heavy (non-hydrogen) atoms. The number of carbonyl (C=O) groups excluding carboxylic acids is 2. The van der Waals surface area contributed by atoms with Crippen LogP contribution in [0.25, 0.3) is 16.8 Å². The van der Waals surface area contributed by atoms with Gasteiger partial charge in [-0.05, 0) is 55.0 Å². The molecule has 3 aromatic heterocycles. The lowest BCUT2D eigenvalue weighted by molar-refractivity contribution is -0.137. The zero-order valence-corrected chi connectivity index (χ0v) is 21.8. The molecule has 6 rings (SSSR count). The third-order valence-electron chi connectivity index (χ3n) is 7.97. The number of alkyl halides is 3. The highest BCUT2D eigenvalue weighted by molar-refractivity contribution is 6.04. The Morgan fingerprint density at radius 2 is 1.88 bits per heavy atom. The van der Waals surface area contributed by atoms with E-state index in [4.69, 9.17) is 10.7 Å². The number of anilines is 2. The fourth-order valence-electron chi connectivity index (χ4n) is 6.12. The van der Waals surface area contributed by atoms with Gasteiger partial charge in [-0.25, -0.2) is 15.0 Å². The smallest absolute Gasteiger partial charge is 0.382 e. The van der Waals surface area contributed by atoms with Crippen molar-refractivity contribution in [1.82, 2.24) is 24.3 Å². The predicted molar refractivity (Wildman–Crippen MR) is 146 cm³/mol. The van der Waals surface area contributed by atoms with Gasteiger partial charge in [0.05, 0.1) is 11.6 Å². The molecule has 0 radical (unpaired) electrons. The maximum absolute atomic E-state index is 13.0. The highest BCUT2D eigenvalue weighted by Gasteiger charge is 2.48. The number of aromatic nitrogens is 4. The van der Waals surface area contributed by atoms with Gasteiger partial charge in [0.25, 0.3) is 5.91 Å². The van der Waals surface area contributed by atoms with Crippen molar-refractivity contribution in [2.24, 2.45) is 11.8 Å². The molecule has 3 N–H and O–H groups in total. The summed E-state index contributed by atoms with van der Waals surface area (Å²) in [6.07, 6.45) is 4.28. The number of imidazole rings is 1. The fourth-order valence-corrected chi connectivity index (χ4v) is 6.12. The average molecular weight is 562 g/mol. The molecule has 1 aliphatic carbocycles. The zero-order chi connectivity index (χ0) is 28.9. The average Bonchev–Trinajstić information content (AvgIpc) is 3.66. The fraction of sp³-hybridized carbons (Fsp3) is 0.276. The summed E-state index contributed by atoms with van der Waals surface area (Å²) >= 11 is 0. The van der Waals surface area contributed by atoms with Crippen LogP contribution in [0.4, 0.5) is 24.8 Å². The van der Waals surface area contributed by atoms with Crippen molar-refractivity contribution < 1.29 is 22.8 Å². The van der Waals surface area contributed by atoms with Gasteiger partial charge in [0.2, 0.25) is 5.91 Å². The summed E-state index contributed by atoms with van der Waals surface area (Å²) in [5, 5.41) is 2.41. The third kappa shape index (κ3) is 4.68. The van der Waals surface area contributed by atoms with Crippen molar-refractivity contribution >= 4 is 29.0 Å². The van der Waals surface area contributed by atoms with Crippen molar-refractivity contribution in [3.8, 4) is 11.3 Å². The Labute approximate surface area is 232 Å².